The SMILES string of the molecule is CN=C(NCc1nc(C)c(C)s1)N(C)CCOc1ccccc1F. The molecule has 5 nitrogen and oxygen atoms in total. The molecule has 0 spiro atoms. The molecule has 1 aromatic heterocycles. The number of nitrogens with zero attached hydrogens (tertiary/aromatic N) is 3. The second kappa shape index (κ2) is 8.63. The van der Waals surface area contributed by atoms with Crippen molar-refractivity contribution in [2.45, 2.75) is 20.4 Å². The summed E-state index contributed by atoms with van der Waals surface area (Å²) in [7, 11) is 3.65. The van der Waals surface area contributed by atoms with E-state index >= 15 is 0 Å². The lowest BCUT2D eigenvalue weighted by Gasteiger charge is -2.21. The highest BCUT2D eigenvalue weighted by molar-refractivity contribution is 7.11. The molecule has 0 aliphatic rings. The van der Waals surface area contributed by atoms with Crippen LogP contribution in [0.3, 0.4) is 0 Å². The van der Waals surface area contributed by atoms with Crippen LogP contribution in [0.2, 0.25) is 0 Å². The Hall–Kier alpha value is -2.15. The third kappa shape index (κ3) is 4.92. The topological polar surface area (TPSA) is 49.8 Å². The second-order valence-corrected chi connectivity index (χ2v) is 6.64. The van der Waals surface area contributed by atoms with E-state index in [4.69, 9.17) is 4.74 Å². The van der Waals surface area contributed by atoms with Gasteiger partial charge in [0, 0.05) is 19.0 Å². The predicted octanol–water partition coefficient (Wildman–Crippen LogP) is 2.99. The Labute approximate surface area is 146 Å². The first kappa shape index (κ1) is 18.2. The van der Waals surface area contributed by atoms with Crippen molar-refractivity contribution < 1.29 is 9.13 Å². The van der Waals surface area contributed by atoms with E-state index in [0.717, 1.165) is 16.7 Å². The Bertz CT molecular complexity index is 682. The summed E-state index contributed by atoms with van der Waals surface area (Å²) in [5, 5.41) is 4.31. The van der Waals surface area contributed by atoms with Crippen LogP contribution >= 0.6 is 11.3 Å². The highest BCUT2D eigenvalue weighted by Gasteiger charge is 2.09. The van der Waals surface area contributed by atoms with Gasteiger partial charge in [-0.15, -0.1) is 11.3 Å². The van der Waals surface area contributed by atoms with E-state index in [1.165, 1.54) is 10.9 Å². The van der Waals surface area contributed by atoms with E-state index in [-0.39, 0.29) is 11.6 Å². The summed E-state index contributed by atoms with van der Waals surface area (Å²) in [6, 6.07) is 6.40. The van der Waals surface area contributed by atoms with Gasteiger partial charge in [-0.3, -0.25) is 4.99 Å². The number of nitrogens with one attached hydrogen (secondary N) is 1. The normalized spacial score (nSPS) is 11.5. The van der Waals surface area contributed by atoms with E-state index < -0.39 is 0 Å². The zero-order valence-electron chi connectivity index (χ0n) is 14.5. The van der Waals surface area contributed by atoms with Crippen molar-refractivity contribution >= 4 is 17.3 Å². The van der Waals surface area contributed by atoms with E-state index in [1.807, 2.05) is 18.9 Å². The number of guanidine groups is 1. The van der Waals surface area contributed by atoms with Gasteiger partial charge >= 0.3 is 0 Å². The molecule has 0 aliphatic carbocycles. The minimum absolute atomic E-state index is 0.266. The van der Waals surface area contributed by atoms with Crippen molar-refractivity contribution in [3.8, 4) is 5.75 Å². The predicted molar refractivity (Wildman–Crippen MR) is 96.3 cm³/mol. The summed E-state index contributed by atoms with van der Waals surface area (Å²) in [6.45, 7) is 5.66. The monoisotopic (exact) mass is 350 g/mol. The number of ether oxygens (including phenoxy) is 1. The largest absolute Gasteiger partial charge is 0.489 e. The Kier molecular flexibility index (Phi) is 6.54. The van der Waals surface area contributed by atoms with Crippen LogP contribution in [0.5, 0.6) is 5.75 Å². The van der Waals surface area contributed by atoms with Crippen LogP contribution in [-0.4, -0.2) is 43.1 Å². The molecule has 1 aromatic carbocycles. The molecule has 0 fully saturated rings. The number of rotatable bonds is 6. The number of hydrogen-bond acceptors (Lipinski definition) is 4. The van der Waals surface area contributed by atoms with Crippen molar-refractivity contribution in [1.29, 1.82) is 0 Å². The lowest BCUT2D eigenvalue weighted by atomic mass is 10.3. The zero-order valence-corrected chi connectivity index (χ0v) is 15.3. The number of halogens is 1. The smallest absolute Gasteiger partial charge is 0.193 e. The molecule has 0 unspecified atom stereocenters. The molecule has 24 heavy (non-hydrogen) atoms. The van der Waals surface area contributed by atoms with Crippen molar-refractivity contribution in [3.63, 3.8) is 0 Å². The molecule has 1 N–H and O–H groups in total. The van der Waals surface area contributed by atoms with Gasteiger partial charge in [-0.1, -0.05) is 12.1 Å². The Morgan fingerprint density at radius 1 is 1.38 bits per heavy atom. The average molecular weight is 350 g/mol. The van der Waals surface area contributed by atoms with Crippen LogP contribution in [0.15, 0.2) is 29.3 Å². The standard InChI is InChI=1S/C17H23FN4OS/c1-12-13(2)24-16(21-12)11-20-17(19-3)22(4)9-10-23-15-8-6-5-7-14(15)18/h5-8H,9-11H2,1-4H3,(H,19,20). The van der Waals surface area contributed by atoms with E-state index in [0.29, 0.717) is 19.7 Å². The van der Waals surface area contributed by atoms with Crippen LogP contribution in [-0.2, 0) is 6.54 Å². The maximum atomic E-state index is 13.5. The average Bonchev–Trinajstić information content (AvgIpc) is 2.88. The third-order valence-electron chi connectivity index (χ3n) is 3.56. The molecule has 0 atom stereocenters. The molecule has 0 saturated heterocycles. The molecule has 0 amide bonds. The van der Waals surface area contributed by atoms with Crippen molar-refractivity contribution in [2.75, 3.05) is 27.2 Å². The van der Waals surface area contributed by atoms with Crippen molar-refractivity contribution in [1.82, 2.24) is 15.2 Å². The van der Waals surface area contributed by atoms with Gasteiger partial charge in [0.25, 0.3) is 0 Å². The summed E-state index contributed by atoms with van der Waals surface area (Å²) in [5.74, 6) is 0.664. The molecular formula is C17H23FN4OS. The molecule has 0 bridgehead atoms. The number of aliphatic imine (C=N–C) groups is 1. The number of likely N-dealkylation sites (N-methyl/N-ethyl adjacent to an activating group) is 1. The van der Waals surface area contributed by atoms with Gasteiger partial charge in [-0.05, 0) is 26.0 Å². The highest BCUT2D eigenvalue weighted by Crippen LogP contribution is 2.16. The fraction of sp³-hybridized carbons (Fsp3) is 0.412. The number of benzene rings is 1. The Morgan fingerprint density at radius 3 is 2.75 bits per heavy atom. The fourth-order valence-electron chi connectivity index (χ4n) is 2.11. The summed E-state index contributed by atoms with van der Waals surface area (Å²) < 4.78 is 19.0. The third-order valence-corrected chi connectivity index (χ3v) is 4.64. The van der Waals surface area contributed by atoms with Crippen molar-refractivity contribution in [3.05, 3.63) is 45.7 Å². The second-order valence-electron chi connectivity index (χ2n) is 5.35. The number of thiazole rings is 1. The van der Waals surface area contributed by atoms with Gasteiger partial charge in [-0.2, -0.15) is 0 Å². The van der Waals surface area contributed by atoms with Crippen LogP contribution in [0.25, 0.3) is 0 Å². The number of hydrogen-bond donors (Lipinski definition) is 1. The quantitative estimate of drug-likeness (QED) is 0.643. The lowest BCUT2D eigenvalue weighted by molar-refractivity contribution is 0.270. The first-order chi connectivity index (χ1) is 11.5. The van der Waals surface area contributed by atoms with Crippen LogP contribution < -0.4 is 10.1 Å². The van der Waals surface area contributed by atoms with Gasteiger partial charge in [0.15, 0.2) is 17.5 Å². The molecule has 2 aromatic rings. The summed E-state index contributed by atoms with van der Waals surface area (Å²) in [5.41, 5.74) is 1.07. The number of aryl methyl sites for hydroxylation is 2. The summed E-state index contributed by atoms with van der Waals surface area (Å²) in [6.07, 6.45) is 0. The molecule has 130 valence electrons. The lowest BCUT2D eigenvalue weighted by Crippen LogP contribution is -2.40. The van der Waals surface area contributed by atoms with Gasteiger partial charge in [0.05, 0.1) is 18.8 Å². The molecule has 7 heteroatoms. The fourth-order valence-corrected chi connectivity index (χ4v) is 2.99. The summed E-state index contributed by atoms with van der Waals surface area (Å²) >= 11 is 1.68. The molecule has 1 heterocycles. The Balaban J connectivity index is 1.81. The Morgan fingerprint density at radius 2 is 2.12 bits per heavy atom. The van der Waals surface area contributed by atoms with Gasteiger partial charge < -0.3 is 15.0 Å². The van der Waals surface area contributed by atoms with Crippen LogP contribution in [0, 0.1) is 19.7 Å². The molecule has 0 aliphatic heterocycles. The van der Waals surface area contributed by atoms with Crippen LogP contribution in [0.4, 0.5) is 4.39 Å². The van der Waals surface area contributed by atoms with Gasteiger partial charge in [-0.25, -0.2) is 9.37 Å². The first-order valence-electron chi connectivity index (χ1n) is 7.73. The zero-order chi connectivity index (χ0) is 17.5. The maximum Gasteiger partial charge on any atom is 0.193 e. The van der Waals surface area contributed by atoms with Crippen molar-refractivity contribution in [2.24, 2.45) is 4.99 Å². The first-order valence-corrected chi connectivity index (χ1v) is 8.55. The molecule has 2 rings (SSSR count). The van der Waals surface area contributed by atoms with Gasteiger partial charge in [0.2, 0.25) is 0 Å². The summed E-state index contributed by atoms with van der Waals surface area (Å²) in [4.78, 5) is 11.9. The highest BCUT2D eigenvalue weighted by atomic mass is 32.1. The van der Waals surface area contributed by atoms with Crippen LogP contribution in [0.1, 0.15) is 15.6 Å². The van der Waals surface area contributed by atoms with E-state index in [9.17, 15) is 4.39 Å². The van der Waals surface area contributed by atoms with Gasteiger partial charge in [0.1, 0.15) is 11.6 Å². The minimum Gasteiger partial charge on any atom is -0.489 e. The molecule has 0 saturated carbocycles. The van der Waals surface area contributed by atoms with E-state index in [2.05, 4.69) is 22.2 Å². The molecule has 0 radical (unpaired) electrons. The molecular weight excluding hydrogens is 327 g/mol. The van der Waals surface area contributed by atoms with E-state index in [1.54, 1.807) is 36.6 Å². The minimum atomic E-state index is -0.350. The number of para-hydroxylation sites is 1. The maximum absolute atomic E-state index is 13.5. The number of aromatic nitrogens is 1.